The van der Waals surface area contributed by atoms with Crippen molar-refractivity contribution < 1.29 is 13.9 Å². The molecule has 0 radical (unpaired) electrons. The molecule has 5 rings (SSSR count). The number of hydrogen-bond donors (Lipinski definition) is 0. The van der Waals surface area contributed by atoms with Gasteiger partial charge in [-0.3, -0.25) is 18.9 Å². The predicted molar refractivity (Wildman–Crippen MR) is 127 cm³/mol. The van der Waals surface area contributed by atoms with E-state index in [2.05, 4.69) is 11.6 Å². The Kier molecular flexibility index (Phi) is 5.67. The van der Waals surface area contributed by atoms with Crippen LogP contribution in [0.5, 0.6) is 11.5 Å². The molecular weight excluding hydrogens is 459 g/mol. The number of amides is 1. The van der Waals surface area contributed by atoms with Crippen LogP contribution in [0.1, 0.15) is 12.5 Å². The summed E-state index contributed by atoms with van der Waals surface area (Å²) >= 11 is 5.97. The van der Waals surface area contributed by atoms with Crippen molar-refractivity contribution in [2.45, 2.75) is 12.5 Å². The second-order valence-electron chi connectivity index (χ2n) is 7.96. The van der Waals surface area contributed by atoms with Gasteiger partial charge in [-0.05, 0) is 48.9 Å². The van der Waals surface area contributed by atoms with Crippen molar-refractivity contribution in [3.8, 4) is 17.2 Å². The Morgan fingerprint density at radius 2 is 2.06 bits per heavy atom. The maximum absolute atomic E-state index is 15.0. The van der Waals surface area contributed by atoms with Gasteiger partial charge in [-0.1, -0.05) is 24.2 Å². The van der Waals surface area contributed by atoms with E-state index in [0.29, 0.717) is 47.0 Å². The molecule has 1 aliphatic rings. The molecule has 0 spiro atoms. The van der Waals surface area contributed by atoms with E-state index in [1.54, 1.807) is 58.3 Å². The summed E-state index contributed by atoms with van der Waals surface area (Å²) in [5.41, 5.74) is 1.22. The lowest BCUT2D eigenvalue weighted by atomic mass is 10.2. The van der Waals surface area contributed by atoms with Crippen molar-refractivity contribution in [2.75, 3.05) is 13.1 Å². The quantitative estimate of drug-likeness (QED) is 0.389. The first kappa shape index (κ1) is 21.9. The topological polar surface area (TPSA) is 69.4 Å². The molecule has 172 valence electrons. The normalized spacial score (nSPS) is 15.6. The standard InChI is InChI=1S/C25H20ClFN4O3/c1-2-24(32)29-11-9-18(15-29)31-21-8-10-28-14-22(21)30(25(31)33)17-6-7-23(20(27)13-17)34-19-5-3-4-16(26)12-19/h2-8,10,12-14,18H,1,9,11,15H2. The molecule has 3 heterocycles. The van der Waals surface area contributed by atoms with E-state index in [0.717, 1.165) is 0 Å². The summed E-state index contributed by atoms with van der Waals surface area (Å²) in [6.07, 6.45) is 5.08. The Hall–Kier alpha value is -3.91. The molecule has 4 aromatic rings. The number of halogens is 2. The van der Waals surface area contributed by atoms with Gasteiger partial charge in [0.05, 0.1) is 29.0 Å². The zero-order valence-electron chi connectivity index (χ0n) is 18.0. The largest absolute Gasteiger partial charge is 0.454 e. The van der Waals surface area contributed by atoms with Crippen molar-refractivity contribution in [3.05, 3.63) is 94.9 Å². The molecule has 9 heteroatoms. The number of benzene rings is 2. The van der Waals surface area contributed by atoms with E-state index < -0.39 is 5.82 Å². The van der Waals surface area contributed by atoms with Crippen LogP contribution < -0.4 is 10.4 Å². The Labute approximate surface area is 199 Å². The first-order chi connectivity index (χ1) is 16.5. The molecule has 1 saturated heterocycles. The number of fused-ring (bicyclic) bond motifs is 1. The number of ether oxygens (including phenoxy) is 1. The Morgan fingerprint density at radius 3 is 2.82 bits per heavy atom. The third kappa shape index (κ3) is 3.86. The zero-order chi connectivity index (χ0) is 23.8. The second kappa shape index (κ2) is 8.79. The van der Waals surface area contributed by atoms with Crippen LogP contribution in [-0.2, 0) is 4.79 Å². The maximum Gasteiger partial charge on any atom is 0.334 e. The number of carbonyl (C=O) groups excluding carboxylic acids is 1. The number of pyridine rings is 1. The third-order valence-corrected chi connectivity index (χ3v) is 6.12. The fraction of sp³-hybridized carbons (Fsp3) is 0.160. The minimum Gasteiger partial charge on any atom is -0.454 e. The van der Waals surface area contributed by atoms with Crippen LogP contribution in [0.4, 0.5) is 4.39 Å². The van der Waals surface area contributed by atoms with E-state index in [9.17, 15) is 14.0 Å². The number of carbonyl (C=O) groups is 1. The molecule has 1 amide bonds. The fourth-order valence-corrected chi connectivity index (χ4v) is 4.50. The molecule has 0 aliphatic carbocycles. The highest BCUT2D eigenvalue weighted by Crippen LogP contribution is 2.30. The van der Waals surface area contributed by atoms with Crippen LogP contribution in [0.3, 0.4) is 0 Å². The Morgan fingerprint density at radius 1 is 1.21 bits per heavy atom. The van der Waals surface area contributed by atoms with Gasteiger partial charge >= 0.3 is 5.69 Å². The molecule has 34 heavy (non-hydrogen) atoms. The first-order valence-corrected chi connectivity index (χ1v) is 11.1. The zero-order valence-corrected chi connectivity index (χ0v) is 18.8. The molecule has 0 N–H and O–H groups in total. The Bertz CT molecular complexity index is 1480. The Balaban J connectivity index is 1.54. The summed E-state index contributed by atoms with van der Waals surface area (Å²) in [7, 11) is 0. The SMILES string of the molecule is C=CC(=O)N1CCC(n2c(=O)n(-c3ccc(Oc4cccc(Cl)c4)c(F)c3)c3cnccc32)C1. The monoisotopic (exact) mass is 478 g/mol. The molecule has 7 nitrogen and oxygen atoms in total. The summed E-state index contributed by atoms with van der Waals surface area (Å²) in [5.74, 6) is -0.386. The molecule has 1 atom stereocenters. The van der Waals surface area contributed by atoms with Crippen LogP contribution in [0.25, 0.3) is 16.7 Å². The molecule has 1 aliphatic heterocycles. The maximum atomic E-state index is 15.0. The number of aromatic nitrogens is 3. The van der Waals surface area contributed by atoms with Gasteiger partial charge in [0.2, 0.25) is 5.91 Å². The highest BCUT2D eigenvalue weighted by atomic mass is 35.5. The van der Waals surface area contributed by atoms with Crippen molar-refractivity contribution in [1.82, 2.24) is 19.0 Å². The molecule has 2 aromatic heterocycles. The van der Waals surface area contributed by atoms with E-state index in [-0.39, 0.29) is 23.4 Å². The van der Waals surface area contributed by atoms with Crippen LogP contribution >= 0.6 is 11.6 Å². The predicted octanol–water partition coefficient (Wildman–Crippen LogP) is 4.73. The molecule has 1 fully saturated rings. The van der Waals surface area contributed by atoms with E-state index in [1.165, 1.54) is 22.8 Å². The lowest BCUT2D eigenvalue weighted by molar-refractivity contribution is -0.125. The molecule has 1 unspecified atom stereocenters. The van der Waals surface area contributed by atoms with Gasteiger partial charge < -0.3 is 9.64 Å². The third-order valence-electron chi connectivity index (χ3n) is 5.89. The van der Waals surface area contributed by atoms with Gasteiger partial charge in [0.25, 0.3) is 0 Å². The summed E-state index contributed by atoms with van der Waals surface area (Å²) in [6, 6.07) is 12.5. The van der Waals surface area contributed by atoms with Gasteiger partial charge in [-0.2, -0.15) is 0 Å². The lowest BCUT2D eigenvalue weighted by Crippen LogP contribution is -2.31. The minimum absolute atomic E-state index is 0.00954. The van der Waals surface area contributed by atoms with Crippen LogP contribution in [0, 0.1) is 5.82 Å². The van der Waals surface area contributed by atoms with Gasteiger partial charge in [-0.25, -0.2) is 9.18 Å². The highest BCUT2D eigenvalue weighted by molar-refractivity contribution is 6.30. The van der Waals surface area contributed by atoms with Crippen LogP contribution in [0.2, 0.25) is 5.02 Å². The van der Waals surface area contributed by atoms with Crippen molar-refractivity contribution in [3.63, 3.8) is 0 Å². The van der Waals surface area contributed by atoms with Crippen molar-refractivity contribution >= 4 is 28.5 Å². The van der Waals surface area contributed by atoms with E-state index >= 15 is 0 Å². The van der Waals surface area contributed by atoms with Gasteiger partial charge in [-0.15, -0.1) is 0 Å². The summed E-state index contributed by atoms with van der Waals surface area (Å²) < 4.78 is 23.7. The fourth-order valence-electron chi connectivity index (χ4n) is 4.32. The number of likely N-dealkylation sites (tertiary alicyclic amines) is 1. The second-order valence-corrected chi connectivity index (χ2v) is 8.39. The highest BCUT2D eigenvalue weighted by Gasteiger charge is 2.30. The number of rotatable bonds is 5. The summed E-state index contributed by atoms with van der Waals surface area (Å²) in [4.78, 5) is 31.4. The lowest BCUT2D eigenvalue weighted by Gasteiger charge is -2.15. The average molecular weight is 479 g/mol. The minimum atomic E-state index is -0.627. The molecule has 2 aromatic carbocycles. The summed E-state index contributed by atoms with van der Waals surface area (Å²) in [5, 5.41) is 0.474. The average Bonchev–Trinajstić information content (AvgIpc) is 3.42. The number of imidazole rings is 1. The number of hydrogen-bond acceptors (Lipinski definition) is 4. The van der Waals surface area contributed by atoms with Crippen molar-refractivity contribution in [1.29, 1.82) is 0 Å². The molecular formula is C25H20ClFN4O3. The van der Waals surface area contributed by atoms with Gasteiger partial charge in [0, 0.05) is 30.4 Å². The van der Waals surface area contributed by atoms with Crippen molar-refractivity contribution in [2.24, 2.45) is 0 Å². The van der Waals surface area contributed by atoms with E-state index in [1.807, 2.05) is 0 Å². The smallest absolute Gasteiger partial charge is 0.334 e. The molecule has 0 saturated carbocycles. The molecule has 0 bridgehead atoms. The van der Waals surface area contributed by atoms with E-state index in [4.69, 9.17) is 16.3 Å². The number of nitrogens with zero attached hydrogens (tertiary/aromatic N) is 4. The van der Waals surface area contributed by atoms with Crippen LogP contribution in [-0.4, -0.2) is 38.0 Å². The van der Waals surface area contributed by atoms with Crippen LogP contribution in [0.15, 0.2) is 78.4 Å². The first-order valence-electron chi connectivity index (χ1n) is 10.7. The van der Waals surface area contributed by atoms with Gasteiger partial charge in [0.1, 0.15) is 5.75 Å². The summed E-state index contributed by atoms with van der Waals surface area (Å²) in [6.45, 7) is 4.46. The van der Waals surface area contributed by atoms with Gasteiger partial charge in [0.15, 0.2) is 11.6 Å².